The van der Waals surface area contributed by atoms with Crippen LogP contribution in [0.5, 0.6) is 0 Å². The van der Waals surface area contributed by atoms with Crippen LogP contribution in [0.1, 0.15) is 12.8 Å². The van der Waals surface area contributed by atoms with E-state index in [0.29, 0.717) is 0 Å². The van der Waals surface area contributed by atoms with Crippen molar-refractivity contribution in [2.24, 2.45) is 0 Å². The van der Waals surface area contributed by atoms with Crippen molar-refractivity contribution in [1.82, 2.24) is 5.32 Å². The number of hydrogen-bond acceptors (Lipinski definition) is 5. The molecule has 0 amide bonds. The van der Waals surface area contributed by atoms with E-state index in [2.05, 4.69) is 5.32 Å². The number of aliphatic hydroxyl groups is 1. The molecular weight excluding hydrogens is 233 g/mol. The van der Waals surface area contributed by atoms with Gasteiger partial charge in [-0.1, -0.05) is 0 Å². The second kappa shape index (κ2) is 9.61. The Kier molecular flexibility index (Phi) is 11.7. The number of carbonyl (C=O) groups is 3. The molecule has 0 aliphatic heterocycles. The smallest absolute Gasteiger partial charge is 0.336 e. The SMILES string of the molecule is B.CNC.O=C(O)CC(O)(CC(=O)O)C(=O)O. The summed E-state index contributed by atoms with van der Waals surface area (Å²) in [6.07, 6.45) is -2.29. The van der Waals surface area contributed by atoms with Crippen molar-refractivity contribution in [3.63, 3.8) is 0 Å². The van der Waals surface area contributed by atoms with E-state index in [1.165, 1.54) is 0 Å². The van der Waals surface area contributed by atoms with E-state index < -0.39 is 36.4 Å². The van der Waals surface area contributed by atoms with Crippen LogP contribution in [-0.2, 0) is 14.4 Å². The van der Waals surface area contributed by atoms with E-state index in [1.807, 2.05) is 14.1 Å². The highest BCUT2D eigenvalue weighted by atomic mass is 16.4. The summed E-state index contributed by atoms with van der Waals surface area (Å²) in [4.78, 5) is 30.5. The Morgan fingerprint density at radius 1 is 1.00 bits per heavy atom. The number of nitrogens with one attached hydrogen (secondary N) is 1. The van der Waals surface area contributed by atoms with E-state index in [-0.39, 0.29) is 8.41 Å². The number of aliphatic carboxylic acids is 3. The lowest BCUT2D eigenvalue weighted by molar-refractivity contribution is -0.170. The Hall–Kier alpha value is -1.61. The molecule has 0 aliphatic carbocycles. The maximum atomic E-state index is 10.3. The summed E-state index contributed by atoms with van der Waals surface area (Å²) >= 11 is 0. The molecule has 0 radical (unpaired) electrons. The average molecular weight is 251 g/mol. The molecule has 0 aromatic carbocycles. The van der Waals surface area contributed by atoms with Gasteiger partial charge in [0.2, 0.25) is 0 Å². The van der Waals surface area contributed by atoms with Gasteiger partial charge in [0, 0.05) is 0 Å². The molecule has 5 N–H and O–H groups in total. The molecule has 0 saturated carbocycles. The Balaban J connectivity index is -0.000000440. The standard InChI is InChI=1S/C6H8O7.C2H7N.BH3/c7-3(8)1-6(13,5(11)12)2-4(9)10;1-3-2;/h13H,1-2H2,(H,7,8)(H,9,10)(H,11,12);3H,1-2H3;1H3. The summed E-state index contributed by atoms with van der Waals surface area (Å²) in [6, 6.07) is 0. The average Bonchev–Trinajstić information content (AvgIpc) is 2.01. The zero-order valence-corrected chi connectivity index (χ0v) is 8.93. The Morgan fingerprint density at radius 3 is 1.35 bits per heavy atom. The molecule has 0 unspecified atom stereocenters. The third-order valence-corrected chi connectivity index (χ3v) is 1.29. The summed E-state index contributed by atoms with van der Waals surface area (Å²) in [6.45, 7) is 0. The van der Waals surface area contributed by atoms with Gasteiger partial charge >= 0.3 is 17.9 Å². The summed E-state index contributed by atoms with van der Waals surface area (Å²) in [5.74, 6) is -5.02. The van der Waals surface area contributed by atoms with Crippen LogP contribution in [0.15, 0.2) is 0 Å². The van der Waals surface area contributed by atoms with E-state index in [9.17, 15) is 14.4 Å². The van der Waals surface area contributed by atoms with Crippen molar-refractivity contribution in [2.75, 3.05) is 14.1 Å². The van der Waals surface area contributed by atoms with Crippen molar-refractivity contribution in [3.8, 4) is 0 Å². The second-order valence-corrected chi connectivity index (χ2v) is 2.98. The van der Waals surface area contributed by atoms with Crippen molar-refractivity contribution in [2.45, 2.75) is 18.4 Å². The van der Waals surface area contributed by atoms with Gasteiger partial charge < -0.3 is 25.7 Å². The highest BCUT2D eigenvalue weighted by molar-refractivity contribution is 5.88. The number of rotatable bonds is 5. The fraction of sp³-hybridized carbons (Fsp3) is 0.625. The predicted octanol–water partition coefficient (Wildman–Crippen LogP) is -2.60. The Bertz CT molecular complexity index is 253. The van der Waals surface area contributed by atoms with Gasteiger partial charge in [-0.05, 0) is 14.1 Å². The van der Waals surface area contributed by atoms with Gasteiger partial charge in [-0.3, -0.25) is 9.59 Å². The van der Waals surface area contributed by atoms with Gasteiger partial charge in [0.25, 0.3) is 0 Å². The number of hydrogen-bond donors (Lipinski definition) is 5. The van der Waals surface area contributed by atoms with Crippen LogP contribution in [0.2, 0.25) is 0 Å². The summed E-state index contributed by atoms with van der Waals surface area (Å²) in [5.41, 5.74) is -2.74. The Morgan fingerprint density at radius 2 is 1.24 bits per heavy atom. The van der Waals surface area contributed by atoms with Crippen molar-refractivity contribution in [3.05, 3.63) is 0 Å². The third-order valence-electron chi connectivity index (χ3n) is 1.29. The van der Waals surface area contributed by atoms with Crippen LogP contribution in [-0.4, -0.2) is 66.4 Å². The first-order valence-electron chi connectivity index (χ1n) is 4.17. The van der Waals surface area contributed by atoms with Crippen molar-refractivity contribution in [1.29, 1.82) is 0 Å². The van der Waals surface area contributed by atoms with Gasteiger partial charge in [-0.15, -0.1) is 0 Å². The van der Waals surface area contributed by atoms with Crippen molar-refractivity contribution >= 4 is 26.3 Å². The molecule has 8 nitrogen and oxygen atoms in total. The van der Waals surface area contributed by atoms with Crippen LogP contribution in [0.4, 0.5) is 0 Å². The van der Waals surface area contributed by atoms with Crippen molar-refractivity contribution < 1.29 is 34.8 Å². The normalized spacial score (nSPS) is 9.35. The van der Waals surface area contributed by atoms with Crippen LogP contribution in [0.3, 0.4) is 0 Å². The van der Waals surface area contributed by atoms with E-state index in [4.69, 9.17) is 20.4 Å². The van der Waals surface area contributed by atoms with Crippen LogP contribution in [0, 0.1) is 0 Å². The first-order valence-corrected chi connectivity index (χ1v) is 4.17. The van der Waals surface area contributed by atoms with Gasteiger partial charge in [-0.25, -0.2) is 4.79 Å². The summed E-state index contributed by atoms with van der Waals surface area (Å²) in [5, 5.41) is 36.6. The quantitative estimate of drug-likeness (QED) is 0.334. The number of carboxylic acid groups (broad SMARTS) is 3. The minimum Gasteiger partial charge on any atom is -0.481 e. The molecule has 0 spiro atoms. The van der Waals surface area contributed by atoms with Gasteiger partial charge in [0.15, 0.2) is 5.60 Å². The highest BCUT2D eigenvalue weighted by Gasteiger charge is 2.40. The molecule has 0 aliphatic rings. The molecule has 0 aromatic heterocycles. The molecule has 0 heterocycles. The molecule has 0 saturated heterocycles. The van der Waals surface area contributed by atoms with E-state index in [0.717, 1.165) is 0 Å². The first kappa shape index (κ1) is 20.8. The van der Waals surface area contributed by atoms with Gasteiger partial charge in [0.05, 0.1) is 21.3 Å². The number of carboxylic acids is 3. The third kappa shape index (κ3) is 10.7. The van der Waals surface area contributed by atoms with Crippen LogP contribution >= 0.6 is 0 Å². The zero-order chi connectivity index (χ0) is 13.4. The zero-order valence-electron chi connectivity index (χ0n) is 8.93. The monoisotopic (exact) mass is 251 g/mol. The molecule has 17 heavy (non-hydrogen) atoms. The highest BCUT2D eigenvalue weighted by Crippen LogP contribution is 2.15. The minimum absolute atomic E-state index is 0. The second-order valence-electron chi connectivity index (χ2n) is 2.98. The fourth-order valence-electron chi connectivity index (χ4n) is 0.714. The van der Waals surface area contributed by atoms with E-state index >= 15 is 0 Å². The van der Waals surface area contributed by atoms with E-state index in [1.54, 1.807) is 0 Å². The maximum absolute atomic E-state index is 10.3. The first-order chi connectivity index (χ1) is 7.19. The largest absolute Gasteiger partial charge is 0.481 e. The topological polar surface area (TPSA) is 144 Å². The fourth-order valence-corrected chi connectivity index (χ4v) is 0.714. The minimum atomic E-state index is -2.74. The maximum Gasteiger partial charge on any atom is 0.336 e. The molecule has 0 rings (SSSR count). The lowest BCUT2D eigenvalue weighted by atomic mass is 9.96. The predicted molar refractivity (Wildman–Crippen MR) is 62.0 cm³/mol. The van der Waals surface area contributed by atoms with Crippen LogP contribution < -0.4 is 5.32 Å². The summed E-state index contributed by atoms with van der Waals surface area (Å²) < 4.78 is 0. The lowest BCUT2D eigenvalue weighted by Crippen LogP contribution is -2.42. The lowest BCUT2D eigenvalue weighted by Gasteiger charge is -2.18. The Labute approximate surface area is 99.8 Å². The molecule has 0 fully saturated rings. The van der Waals surface area contributed by atoms with Gasteiger partial charge in [0.1, 0.15) is 0 Å². The van der Waals surface area contributed by atoms with Gasteiger partial charge in [-0.2, -0.15) is 0 Å². The molecule has 0 atom stereocenters. The summed E-state index contributed by atoms with van der Waals surface area (Å²) in [7, 11) is 3.75. The molecule has 0 bridgehead atoms. The van der Waals surface area contributed by atoms with Crippen LogP contribution in [0.25, 0.3) is 0 Å². The molecular formula is C8H18BNO7. The molecule has 0 aromatic rings. The molecule has 100 valence electrons. The molecule has 9 heteroatoms.